The minimum Gasteiger partial charge on any atom is -0.378 e. The third kappa shape index (κ3) is 4.85. The van der Waals surface area contributed by atoms with E-state index in [2.05, 4.69) is 4.90 Å². The number of nitrogens with one attached hydrogen (secondary N) is 1. The Balaban J connectivity index is 1.81. The van der Waals surface area contributed by atoms with Gasteiger partial charge in [-0.15, -0.1) is 0 Å². The zero-order valence-electron chi connectivity index (χ0n) is 16.8. The van der Waals surface area contributed by atoms with Gasteiger partial charge in [0.1, 0.15) is 0 Å². The Hall–Kier alpha value is -2.34. The number of carbonyl (C=O) groups excluding carboxylic acids is 1. The number of halogens is 4. The second-order valence-electron chi connectivity index (χ2n) is 7.26. The lowest BCUT2D eigenvalue weighted by atomic mass is 10.1. The smallest absolute Gasteiger partial charge is 0.378 e. The second kappa shape index (κ2) is 8.89. The predicted molar refractivity (Wildman–Crippen MR) is 112 cm³/mol. The molecule has 0 radical (unpaired) electrons. The van der Waals surface area contributed by atoms with Crippen LogP contribution in [0.2, 0.25) is 5.02 Å². The van der Waals surface area contributed by atoms with Crippen LogP contribution in [-0.4, -0.2) is 57.5 Å². The average Bonchev–Trinajstić information content (AvgIpc) is 2.75. The third-order valence-corrected chi connectivity index (χ3v) is 7.10. The van der Waals surface area contributed by atoms with Crippen molar-refractivity contribution in [1.29, 1.82) is 0 Å². The number of hydrogen-bond acceptors (Lipinski definition) is 6. The van der Waals surface area contributed by atoms with Gasteiger partial charge in [-0.2, -0.15) is 13.2 Å². The first-order valence-corrected chi connectivity index (χ1v) is 11.3. The Bertz CT molecular complexity index is 1100. The molecule has 0 bridgehead atoms. The number of carbonyl (C=O) groups is 1. The van der Waals surface area contributed by atoms with Crippen molar-refractivity contribution in [3.63, 3.8) is 0 Å². The largest absolute Gasteiger partial charge is 0.426 e. The van der Waals surface area contributed by atoms with Crippen molar-refractivity contribution in [3.05, 3.63) is 47.5 Å². The monoisotopic (exact) mass is 492 g/mol. The molecular weight excluding hydrogens is 473 g/mol. The van der Waals surface area contributed by atoms with E-state index in [0.717, 1.165) is 23.9 Å². The maximum Gasteiger partial charge on any atom is 0.426 e. The summed E-state index contributed by atoms with van der Waals surface area (Å²) in [5, 5.41) is 11.0. The van der Waals surface area contributed by atoms with Crippen molar-refractivity contribution in [2.75, 3.05) is 36.5 Å². The Labute approximate surface area is 187 Å². The van der Waals surface area contributed by atoms with E-state index in [1.165, 1.54) is 12.1 Å². The average molecular weight is 493 g/mol. The molecule has 0 aliphatic carbocycles. The van der Waals surface area contributed by atoms with E-state index in [0.29, 0.717) is 33.2 Å². The van der Waals surface area contributed by atoms with E-state index in [4.69, 9.17) is 16.3 Å². The summed E-state index contributed by atoms with van der Waals surface area (Å²) in [6.45, 7) is 2.85. The number of benzene rings is 2. The molecule has 12 heteroatoms. The molecule has 7 nitrogen and oxygen atoms in total. The van der Waals surface area contributed by atoms with Crippen LogP contribution >= 0.6 is 11.6 Å². The van der Waals surface area contributed by atoms with Gasteiger partial charge in [-0.25, -0.2) is 8.42 Å². The highest BCUT2D eigenvalue weighted by Crippen LogP contribution is 2.33. The molecule has 3 rings (SSSR count). The number of morpholine rings is 1. The highest BCUT2D eigenvalue weighted by molar-refractivity contribution is 7.91. The van der Waals surface area contributed by atoms with Crippen molar-refractivity contribution in [1.82, 2.24) is 0 Å². The summed E-state index contributed by atoms with van der Waals surface area (Å²) in [5.74, 6) is -1.75. The van der Waals surface area contributed by atoms with E-state index < -0.39 is 27.5 Å². The molecule has 0 spiro atoms. The van der Waals surface area contributed by atoms with Gasteiger partial charge in [0.25, 0.3) is 5.91 Å². The van der Waals surface area contributed by atoms with Crippen LogP contribution in [0.3, 0.4) is 0 Å². The molecule has 0 aromatic heterocycles. The number of rotatable bonds is 5. The minimum atomic E-state index is -5.21. The van der Waals surface area contributed by atoms with Crippen molar-refractivity contribution >= 4 is 38.7 Å². The number of aliphatic hydroxyl groups is 1. The fraction of sp³-hybridized carbons (Fsp3) is 0.350. The molecule has 1 aliphatic rings. The number of nitrogens with zero attached hydrogens (tertiary/aromatic N) is 1. The highest BCUT2D eigenvalue weighted by atomic mass is 35.5. The van der Waals surface area contributed by atoms with Crippen LogP contribution in [0, 0.1) is 0 Å². The molecule has 1 heterocycles. The van der Waals surface area contributed by atoms with Crippen LogP contribution in [0.15, 0.2) is 52.3 Å². The van der Waals surface area contributed by atoms with Gasteiger partial charge in [0.05, 0.1) is 33.7 Å². The number of anilines is 2. The molecule has 2 N–H and O–H groups in total. The number of alkyl halides is 3. The molecule has 2 aromatic rings. The van der Waals surface area contributed by atoms with E-state index >= 15 is 0 Å². The Morgan fingerprint density at radius 2 is 1.66 bits per heavy atom. The summed E-state index contributed by atoms with van der Waals surface area (Å²) >= 11 is 6.00. The van der Waals surface area contributed by atoms with Gasteiger partial charge in [-0.1, -0.05) is 11.6 Å². The van der Waals surface area contributed by atoms with Crippen LogP contribution in [-0.2, 0) is 19.4 Å². The van der Waals surface area contributed by atoms with Gasteiger partial charge in [-0.05, 0) is 49.4 Å². The first kappa shape index (κ1) is 24.3. The SMILES string of the molecule is CC(O)(C(=O)Nc1ccc(S(=O)(=O)c2ccc(N3CCOCC3)cc2)cc1Cl)C(F)(F)F. The topological polar surface area (TPSA) is 95.9 Å². The summed E-state index contributed by atoms with van der Waals surface area (Å²) < 4.78 is 69.6. The maximum atomic E-state index is 12.9. The molecule has 1 aliphatic heterocycles. The van der Waals surface area contributed by atoms with Gasteiger partial charge in [0.15, 0.2) is 0 Å². The van der Waals surface area contributed by atoms with Crippen LogP contribution in [0.25, 0.3) is 0 Å². The van der Waals surface area contributed by atoms with Crippen LogP contribution in [0.4, 0.5) is 24.5 Å². The van der Waals surface area contributed by atoms with Gasteiger partial charge in [0.2, 0.25) is 15.4 Å². The summed E-state index contributed by atoms with van der Waals surface area (Å²) in [5.41, 5.74) is -3.08. The fourth-order valence-corrected chi connectivity index (χ4v) is 4.51. The second-order valence-corrected chi connectivity index (χ2v) is 9.62. The zero-order chi connectivity index (χ0) is 23.7. The molecule has 174 valence electrons. The van der Waals surface area contributed by atoms with Crippen LogP contribution in [0.1, 0.15) is 6.92 Å². The predicted octanol–water partition coefficient (Wildman–Crippen LogP) is 3.26. The van der Waals surface area contributed by atoms with Gasteiger partial charge in [-0.3, -0.25) is 4.79 Å². The molecule has 0 saturated carbocycles. The standard InChI is InChI=1S/C20H20ClF3N2O5S/c1-19(28,20(22,23)24)18(27)25-17-7-6-15(12-16(17)21)32(29,30)14-4-2-13(3-5-14)26-8-10-31-11-9-26/h2-7,12,28H,8-11H2,1H3,(H,25,27). The lowest BCUT2D eigenvalue weighted by molar-refractivity contribution is -0.242. The van der Waals surface area contributed by atoms with Crippen molar-refractivity contribution < 1.29 is 36.2 Å². The lowest BCUT2D eigenvalue weighted by Crippen LogP contribution is -2.52. The van der Waals surface area contributed by atoms with E-state index in [1.807, 2.05) is 5.32 Å². The highest BCUT2D eigenvalue weighted by Gasteiger charge is 2.55. The summed E-state index contributed by atoms with van der Waals surface area (Å²) in [4.78, 5) is 13.7. The van der Waals surface area contributed by atoms with E-state index in [-0.39, 0.29) is 20.5 Å². The van der Waals surface area contributed by atoms with Crippen LogP contribution in [0.5, 0.6) is 0 Å². The summed E-state index contributed by atoms with van der Waals surface area (Å²) in [6, 6.07) is 9.43. The van der Waals surface area contributed by atoms with Crippen LogP contribution < -0.4 is 10.2 Å². The number of sulfone groups is 1. The first-order chi connectivity index (χ1) is 14.8. The third-order valence-electron chi connectivity index (χ3n) is 5.02. The van der Waals surface area contributed by atoms with Gasteiger partial charge < -0.3 is 20.1 Å². The van der Waals surface area contributed by atoms with E-state index in [9.17, 15) is 31.5 Å². The van der Waals surface area contributed by atoms with Crippen molar-refractivity contribution in [2.24, 2.45) is 0 Å². The molecule has 1 amide bonds. The minimum absolute atomic E-state index is 0.00219. The first-order valence-electron chi connectivity index (χ1n) is 9.42. The molecule has 2 aromatic carbocycles. The molecule has 32 heavy (non-hydrogen) atoms. The van der Waals surface area contributed by atoms with Crippen molar-refractivity contribution in [2.45, 2.75) is 28.5 Å². The number of hydrogen-bond donors (Lipinski definition) is 2. The van der Waals surface area contributed by atoms with Gasteiger partial charge in [0, 0.05) is 18.8 Å². The van der Waals surface area contributed by atoms with Gasteiger partial charge >= 0.3 is 6.18 Å². The van der Waals surface area contributed by atoms with Crippen molar-refractivity contribution in [3.8, 4) is 0 Å². The lowest BCUT2D eigenvalue weighted by Gasteiger charge is -2.28. The Morgan fingerprint density at radius 1 is 1.09 bits per heavy atom. The molecular formula is C20H20ClF3N2O5S. The Kier molecular flexibility index (Phi) is 6.75. The zero-order valence-corrected chi connectivity index (χ0v) is 18.4. The quantitative estimate of drug-likeness (QED) is 0.665. The number of amides is 1. The summed E-state index contributed by atoms with van der Waals surface area (Å²) in [6.07, 6.45) is -5.21. The molecule has 1 atom stereocenters. The fourth-order valence-electron chi connectivity index (χ4n) is 2.93. The molecule has 1 fully saturated rings. The summed E-state index contributed by atoms with van der Waals surface area (Å²) in [7, 11) is -3.98. The normalized spacial score (nSPS) is 17.0. The van der Waals surface area contributed by atoms with E-state index in [1.54, 1.807) is 12.1 Å². The molecule has 1 saturated heterocycles. The molecule has 1 unspecified atom stereocenters. The number of ether oxygens (including phenoxy) is 1. The maximum absolute atomic E-state index is 12.9. The Morgan fingerprint density at radius 3 is 2.19 bits per heavy atom.